The third-order valence-corrected chi connectivity index (χ3v) is 6.31. The summed E-state index contributed by atoms with van der Waals surface area (Å²) >= 11 is 0. The molecule has 1 aromatic carbocycles. The van der Waals surface area contributed by atoms with E-state index < -0.39 is 15.9 Å². The number of rotatable bonds is 3. The minimum absolute atomic E-state index is 0.0520. The van der Waals surface area contributed by atoms with Crippen molar-refractivity contribution < 1.29 is 22.7 Å². The largest absolute Gasteiger partial charge is 0.454 e. The highest BCUT2D eigenvalue weighted by Crippen LogP contribution is 2.37. The lowest BCUT2D eigenvalue weighted by Gasteiger charge is -2.35. The van der Waals surface area contributed by atoms with Gasteiger partial charge in [0.05, 0.1) is 29.3 Å². The van der Waals surface area contributed by atoms with Crippen molar-refractivity contribution in [1.29, 1.82) is 0 Å². The van der Waals surface area contributed by atoms with Gasteiger partial charge in [0.25, 0.3) is 5.91 Å². The average molecular weight is 377 g/mol. The quantitative estimate of drug-likeness (QED) is 0.799. The zero-order valence-corrected chi connectivity index (χ0v) is 15.1. The fraction of sp³-hybridized carbons (Fsp3) is 0.412. The summed E-state index contributed by atoms with van der Waals surface area (Å²) in [5, 5.41) is 4.22. The second-order valence-electron chi connectivity index (χ2n) is 6.30. The number of benzene rings is 1. The van der Waals surface area contributed by atoms with Gasteiger partial charge in [-0.05, 0) is 19.1 Å². The summed E-state index contributed by atoms with van der Waals surface area (Å²) in [5.74, 6) is 0.505. The van der Waals surface area contributed by atoms with Crippen LogP contribution in [0.3, 0.4) is 0 Å². The molecule has 4 rings (SSSR count). The van der Waals surface area contributed by atoms with Gasteiger partial charge in [0, 0.05) is 24.8 Å². The lowest BCUT2D eigenvalue weighted by atomic mass is 10.1. The highest BCUT2D eigenvalue weighted by atomic mass is 32.2. The molecule has 1 saturated heterocycles. The summed E-state index contributed by atoms with van der Waals surface area (Å²) in [6.07, 6.45) is 3.42. The molecule has 0 bridgehead atoms. The topological polar surface area (TPSA) is 90.7 Å². The van der Waals surface area contributed by atoms with E-state index in [2.05, 4.69) is 5.10 Å². The lowest BCUT2D eigenvalue weighted by molar-refractivity contribution is 0.0693. The van der Waals surface area contributed by atoms with Crippen LogP contribution in [0.25, 0.3) is 0 Å². The molecule has 1 unspecified atom stereocenters. The molecule has 2 aliphatic rings. The van der Waals surface area contributed by atoms with E-state index in [4.69, 9.17) is 9.47 Å². The Hall–Kier alpha value is -2.55. The van der Waals surface area contributed by atoms with Gasteiger partial charge in [-0.1, -0.05) is 6.07 Å². The van der Waals surface area contributed by atoms with E-state index in [0.717, 1.165) is 0 Å². The number of fused-ring (bicyclic) bond motifs is 1. The molecule has 138 valence electrons. The summed E-state index contributed by atoms with van der Waals surface area (Å²) in [5.41, 5.74) is 1.10. The number of sulfone groups is 1. The van der Waals surface area contributed by atoms with E-state index >= 15 is 0 Å². The van der Waals surface area contributed by atoms with Gasteiger partial charge < -0.3 is 14.4 Å². The Bertz CT molecular complexity index is 953. The van der Waals surface area contributed by atoms with Crippen molar-refractivity contribution in [2.45, 2.75) is 19.5 Å². The van der Waals surface area contributed by atoms with Gasteiger partial charge in [-0.15, -0.1) is 0 Å². The van der Waals surface area contributed by atoms with Gasteiger partial charge in [0.15, 0.2) is 21.3 Å². The van der Waals surface area contributed by atoms with Crippen molar-refractivity contribution >= 4 is 15.7 Å². The number of aromatic nitrogens is 2. The number of amides is 1. The van der Waals surface area contributed by atoms with Gasteiger partial charge in [-0.25, -0.2) is 8.42 Å². The first-order valence-electron chi connectivity index (χ1n) is 8.41. The van der Waals surface area contributed by atoms with Crippen molar-refractivity contribution in [1.82, 2.24) is 14.7 Å². The molecule has 0 saturated carbocycles. The van der Waals surface area contributed by atoms with Crippen LogP contribution in [0.15, 0.2) is 30.6 Å². The first-order chi connectivity index (χ1) is 12.5. The van der Waals surface area contributed by atoms with Gasteiger partial charge >= 0.3 is 0 Å². The molecule has 0 spiro atoms. The molecule has 0 aliphatic carbocycles. The van der Waals surface area contributed by atoms with Crippen LogP contribution < -0.4 is 9.47 Å². The van der Waals surface area contributed by atoms with Gasteiger partial charge in [0.2, 0.25) is 6.79 Å². The Balaban J connectivity index is 1.71. The Morgan fingerprint density at radius 3 is 2.96 bits per heavy atom. The van der Waals surface area contributed by atoms with E-state index in [0.29, 0.717) is 29.2 Å². The van der Waals surface area contributed by atoms with Crippen molar-refractivity contribution in [2.24, 2.45) is 0 Å². The van der Waals surface area contributed by atoms with E-state index in [1.807, 2.05) is 6.92 Å². The van der Waals surface area contributed by atoms with Crippen LogP contribution in [0.2, 0.25) is 0 Å². The van der Waals surface area contributed by atoms with Crippen LogP contribution in [0.1, 0.15) is 28.9 Å². The summed E-state index contributed by atoms with van der Waals surface area (Å²) in [6, 6.07) is 4.57. The maximum Gasteiger partial charge on any atom is 0.258 e. The summed E-state index contributed by atoms with van der Waals surface area (Å²) in [4.78, 5) is 14.8. The van der Waals surface area contributed by atoms with Crippen LogP contribution in [-0.2, 0) is 16.4 Å². The normalized spacial score (nSPS) is 21.0. The number of ether oxygens (including phenoxy) is 2. The van der Waals surface area contributed by atoms with E-state index in [-0.39, 0.29) is 30.8 Å². The highest BCUT2D eigenvalue weighted by molar-refractivity contribution is 7.91. The fourth-order valence-electron chi connectivity index (χ4n) is 3.30. The van der Waals surface area contributed by atoms with Crippen molar-refractivity contribution in [3.05, 3.63) is 41.7 Å². The van der Waals surface area contributed by atoms with Crippen molar-refractivity contribution in [3.8, 4) is 11.5 Å². The van der Waals surface area contributed by atoms with Gasteiger partial charge in [-0.2, -0.15) is 5.10 Å². The molecule has 9 heteroatoms. The third-order valence-electron chi connectivity index (χ3n) is 4.68. The van der Waals surface area contributed by atoms with Crippen LogP contribution in [0.5, 0.6) is 11.5 Å². The van der Waals surface area contributed by atoms with Crippen LogP contribution in [0.4, 0.5) is 0 Å². The van der Waals surface area contributed by atoms with E-state index in [1.165, 1.54) is 0 Å². The average Bonchev–Trinajstić information content (AvgIpc) is 3.29. The first kappa shape index (κ1) is 16.9. The summed E-state index contributed by atoms with van der Waals surface area (Å²) < 4.78 is 36.9. The number of nitrogens with zero attached hydrogens (tertiary/aromatic N) is 3. The van der Waals surface area contributed by atoms with Gasteiger partial charge in [-0.3, -0.25) is 9.48 Å². The van der Waals surface area contributed by atoms with Crippen LogP contribution in [-0.4, -0.2) is 53.8 Å². The predicted molar refractivity (Wildman–Crippen MR) is 92.9 cm³/mol. The maximum absolute atomic E-state index is 13.2. The molecule has 3 heterocycles. The van der Waals surface area contributed by atoms with Crippen molar-refractivity contribution in [3.63, 3.8) is 0 Å². The zero-order chi connectivity index (χ0) is 18.3. The molecule has 0 radical (unpaired) electrons. The number of hydrogen-bond acceptors (Lipinski definition) is 6. The monoisotopic (exact) mass is 377 g/mol. The van der Waals surface area contributed by atoms with Crippen molar-refractivity contribution in [2.75, 3.05) is 24.8 Å². The molecule has 26 heavy (non-hydrogen) atoms. The smallest absolute Gasteiger partial charge is 0.258 e. The summed E-state index contributed by atoms with van der Waals surface area (Å²) in [7, 11) is -3.22. The first-order valence-corrected chi connectivity index (χ1v) is 10.2. The number of para-hydroxylation sites is 1. The van der Waals surface area contributed by atoms with Gasteiger partial charge in [0.1, 0.15) is 0 Å². The molecule has 2 aromatic rings. The second-order valence-corrected chi connectivity index (χ2v) is 8.53. The predicted octanol–water partition coefficient (Wildman–Crippen LogP) is 1.24. The molecule has 1 fully saturated rings. The van der Waals surface area contributed by atoms with E-state index in [1.54, 1.807) is 40.2 Å². The number of aryl methyl sites for hydroxylation is 1. The molecule has 1 atom stereocenters. The Morgan fingerprint density at radius 1 is 1.35 bits per heavy atom. The standard InChI is InChI=1S/C17H19N3O5S/c1-2-19-9-12(8-18-19)14-10-26(22,23)7-6-20(14)17(21)13-4-3-5-15-16(13)25-11-24-15/h3-5,8-9,14H,2,6-7,10-11H2,1H3. The molecule has 1 aromatic heterocycles. The SMILES string of the molecule is CCn1cc(C2CS(=O)(=O)CCN2C(=O)c2cccc3c2OCO3)cn1. The molecular weight excluding hydrogens is 358 g/mol. The highest BCUT2D eigenvalue weighted by Gasteiger charge is 2.37. The number of carbonyl (C=O) groups is 1. The molecule has 8 nitrogen and oxygen atoms in total. The zero-order valence-electron chi connectivity index (χ0n) is 14.3. The minimum Gasteiger partial charge on any atom is -0.454 e. The summed E-state index contributed by atoms with van der Waals surface area (Å²) in [6.45, 7) is 2.82. The molecule has 0 N–H and O–H groups in total. The fourth-order valence-corrected chi connectivity index (χ4v) is 4.80. The van der Waals surface area contributed by atoms with Crippen LogP contribution in [0, 0.1) is 0 Å². The molecule has 2 aliphatic heterocycles. The maximum atomic E-state index is 13.2. The lowest BCUT2D eigenvalue weighted by Crippen LogP contribution is -2.46. The Labute approximate surface area is 151 Å². The second kappa shape index (κ2) is 6.31. The van der Waals surface area contributed by atoms with Crippen LogP contribution >= 0.6 is 0 Å². The Kier molecular flexibility index (Phi) is 4.10. The van der Waals surface area contributed by atoms with E-state index in [9.17, 15) is 13.2 Å². The molecular formula is C17H19N3O5S. The molecule has 1 amide bonds. The minimum atomic E-state index is -3.22. The number of carbonyl (C=O) groups excluding carboxylic acids is 1. The number of hydrogen-bond donors (Lipinski definition) is 0. The third kappa shape index (κ3) is 2.92. The Morgan fingerprint density at radius 2 is 2.19 bits per heavy atom.